The summed E-state index contributed by atoms with van der Waals surface area (Å²) in [4.78, 5) is 24.5. The average molecular weight is 521 g/mol. The Balaban J connectivity index is 2.33. The number of benzene rings is 2. The van der Waals surface area contributed by atoms with E-state index in [0.717, 1.165) is 11.1 Å². The van der Waals surface area contributed by atoms with Crippen molar-refractivity contribution in [1.82, 2.24) is 5.32 Å². The van der Waals surface area contributed by atoms with E-state index in [-0.39, 0.29) is 25.4 Å². The third-order valence-electron chi connectivity index (χ3n) is 5.62. The quantitative estimate of drug-likeness (QED) is 0.202. The van der Waals surface area contributed by atoms with E-state index in [1.165, 1.54) is 0 Å². The third kappa shape index (κ3) is 9.87. The highest BCUT2D eigenvalue weighted by molar-refractivity contribution is 5.92. The van der Waals surface area contributed by atoms with Crippen molar-refractivity contribution in [3.8, 4) is 0 Å². The molecule has 1 unspecified atom stereocenters. The summed E-state index contributed by atoms with van der Waals surface area (Å²) in [6.45, 7) is 7.43. The number of halogens is 3. The van der Waals surface area contributed by atoms with Gasteiger partial charge in [-0.1, -0.05) is 70.2 Å². The monoisotopic (exact) mass is 520 g/mol. The molecule has 0 heterocycles. The van der Waals surface area contributed by atoms with Gasteiger partial charge >= 0.3 is 12.1 Å². The van der Waals surface area contributed by atoms with Gasteiger partial charge in [0.1, 0.15) is 6.54 Å². The molecule has 2 atom stereocenters. The number of hydrogen-bond donors (Lipinski definition) is 2. The first-order chi connectivity index (χ1) is 17.2. The first kappa shape index (κ1) is 29.8. The molecule has 0 aromatic heterocycles. The van der Waals surface area contributed by atoms with Crippen LogP contribution in [0.3, 0.4) is 0 Å². The number of hydrogen-bond acceptors (Lipinski definition) is 4. The van der Waals surface area contributed by atoms with Crippen LogP contribution in [0.1, 0.15) is 51.2 Å². The highest BCUT2D eigenvalue weighted by Crippen LogP contribution is 2.20. The van der Waals surface area contributed by atoms with E-state index in [9.17, 15) is 27.9 Å². The van der Waals surface area contributed by atoms with Crippen molar-refractivity contribution in [1.29, 1.82) is 0 Å². The summed E-state index contributed by atoms with van der Waals surface area (Å²) in [6.07, 6.45) is -5.17. The van der Waals surface area contributed by atoms with E-state index in [2.05, 4.69) is 24.3 Å². The molecule has 2 aromatic carbocycles. The van der Waals surface area contributed by atoms with E-state index in [0.29, 0.717) is 11.6 Å². The topological polar surface area (TPSA) is 93.6 Å². The second-order valence-electron chi connectivity index (χ2n) is 10.1. The smallest absolute Gasteiger partial charge is 0.471 e. The fourth-order valence-corrected chi connectivity index (χ4v) is 3.81. The van der Waals surface area contributed by atoms with Gasteiger partial charge in [0, 0.05) is 17.1 Å². The van der Waals surface area contributed by atoms with Crippen LogP contribution in [0.2, 0.25) is 0 Å². The van der Waals surface area contributed by atoms with Gasteiger partial charge in [-0.15, -0.1) is 5.10 Å². The van der Waals surface area contributed by atoms with Crippen LogP contribution < -0.4 is 15.7 Å². The molecule has 0 radical (unpaired) electrons. The lowest BCUT2D eigenvalue weighted by molar-refractivity contribution is -0.922. The molecule has 10 heteroatoms. The molecule has 0 spiro atoms. The summed E-state index contributed by atoms with van der Waals surface area (Å²) in [5.74, 6) is -3.42. The first-order valence-corrected chi connectivity index (χ1v) is 12.1. The minimum absolute atomic E-state index is 0.0378. The lowest BCUT2D eigenvalue weighted by atomic mass is 10.0. The predicted octanol–water partition coefficient (Wildman–Crippen LogP) is 4.16. The minimum Gasteiger partial charge on any atom is -0.857 e. The molecule has 7 nitrogen and oxygen atoms in total. The molecule has 0 fully saturated rings. The van der Waals surface area contributed by atoms with E-state index >= 15 is 0 Å². The van der Waals surface area contributed by atoms with Crippen LogP contribution in [0.15, 0.2) is 59.7 Å². The van der Waals surface area contributed by atoms with Crippen molar-refractivity contribution in [3.05, 3.63) is 65.7 Å². The van der Waals surface area contributed by atoms with Gasteiger partial charge in [0.25, 0.3) is 5.91 Å². The van der Waals surface area contributed by atoms with Gasteiger partial charge in [-0.3, -0.25) is 9.59 Å². The molecule has 37 heavy (non-hydrogen) atoms. The van der Waals surface area contributed by atoms with Gasteiger partial charge in [0.05, 0.1) is 13.1 Å². The van der Waals surface area contributed by atoms with Gasteiger partial charge < -0.3 is 15.7 Å². The zero-order valence-electron chi connectivity index (χ0n) is 21.8. The number of nitrogens with zero attached hydrogens (tertiary/aromatic N) is 2. The predicted molar refractivity (Wildman–Crippen MR) is 135 cm³/mol. The van der Waals surface area contributed by atoms with Crippen LogP contribution in [0.4, 0.5) is 18.9 Å². The van der Waals surface area contributed by atoms with Crippen LogP contribution in [0.25, 0.3) is 0 Å². The Bertz CT molecular complexity index is 1070. The molecule has 0 aliphatic heterocycles. The van der Waals surface area contributed by atoms with E-state index < -0.39 is 34.5 Å². The molecule has 0 bridgehead atoms. The summed E-state index contributed by atoms with van der Waals surface area (Å²) in [5, 5.41) is 21.8. The third-order valence-corrected chi connectivity index (χ3v) is 5.62. The minimum atomic E-state index is -5.14. The van der Waals surface area contributed by atoms with E-state index in [4.69, 9.17) is 0 Å². The molecular formula is C27H35F3N4O3. The highest BCUT2D eigenvalue weighted by atomic mass is 19.4. The van der Waals surface area contributed by atoms with Crippen molar-refractivity contribution < 1.29 is 32.5 Å². The molecule has 2 N–H and O–H groups in total. The van der Waals surface area contributed by atoms with Gasteiger partial charge in [0.2, 0.25) is 0 Å². The second kappa shape index (κ2) is 12.7. The van der Waals surface area contributed by atoms with Crippen LogP contribution >= 0.6 is 0 Å². The Morgan fingerprint density at radius 3 is 2.11 bits per heavy atom. The number of carbonyl (C=O) groups excluding carboxylic acids is 2. The fourth-order valence-electron chi connectivity index (χ4n) is 3.81. The summed E-state index contributed by atoms with van der Waals surface area (Å²) in [6, 6.07) is 14.9. The summed E-state index contributed by atoms with van der Waals surface area (Å²) in [7, 11) is 1.55. The number of quaternary nitrogens is 1. The molecule has 0 saturated heterocycles. The van der Waals surface area contributed by atoms with Crippen molar-refractivity contribution in [2.75, 3.05) is 18.9 Å². The molecule has 2 aromatic rings. The fraction of sp³-hybridized carbons (Fsp3) is 0.444. The van der Waals surface area contributed by atoms with Crippen molar-refractivity contribution in [2.45, 2.75) is 58.8 Å². The lowest BCUT2D eigenvalue weighted by Crippen LogP contribution is -2.54. The molecule has 202 valence electrons. The normalized spacial score (nSPS) is 14.8. The Morgan fingerprint density at radius 2 is 1.59 bits per heavy atom. The van der Waals surface area contributed by atoms with Gasteiger partial charge in [-0.05, 0) is 36.0 Å². The van der Waals surface area contributed by atoms with Crippen molar-refractivity contribution in [2.24, 2.45) is 11.0 Å². The van der Waals surface area contributed by atoms with Gasteiger partial charge in [-0.2, -0.15) is 17.8 Å². The van der Waals surface area contributed by atoms with Crippen LogP contribution in [0, 0.1) is 5.92 Å². The lowest BCUT2D eigenvalue weighted by Gasteiger charge is -2.32. The number of anilines is 1. The standard InChI is InChI=1S/C27H35F3N4O3/c1-18(2)15-23(32-26(37)27(28,29)30)25(36)33-34(5,16-20-9-7-6-8-10-20)17-24(35)31-22-13-11-21(12-14-22)19(3)4/h6-14,18-19,23H,15-17H2,1-5H3,(H2-,31,32,33,35,36,37)/t23-,34?/m0/s1. The Kier molecular flexibility index (Phi) is 10.2. The zero-order valence-corrected chi connectivity index (χ0v) is 21.8. The Morgan fingerprint density at radius 1 is 1.00 bits per heavy atom. The summed E-state index contributed by atoms with van der Waals surface area (Å²) >= 11 is 0. The number of amides is 2. The number of likely N-dealkylation sites (N-methyl/N-ethyl adjacent to an activating group) is 1. The average Bonchev–Trinajstić information content (AvgIpc) is 2.78. The number of nitrogens with one attached hydrogen (secondary N) is 2. The maximum atomic E-state index is 13.1. The van der Waals surface area contributed by atoms with Crippen LogP contribution in [-0.2, 0) is 16.1 Å². The van der Waals surface area contributed by atoms with E-state index in [1.807, 2.05) is 18.2 Å². The largest absolute Gasteiger partial charge is 0.857 e. The second-order valence-corrected chi connectivity index (χ2v) is 10.1. The molecule has 0 saturated carbocycles. The van der Waals surface area contributed by atoms with Crippen LogP contribution in [-0.4, -0.2) is 48.1 Å². The SMILES string of the molecule is CC(C)C[C@H](NC(=O)C(F)(F)F)/C([O-])=N/[N+](C)(CC(=O)Nc1ccc(C(C)C)cc1)Cc1ccccc1. The zero-order chi connectivity index (χ0) is 27.8. The molecule has 0 aliphatic rings. The Labute approximate surface area is 216 Å². The first-order valence-electron chi connectivity index (χ1n) is 12.1. The summed E-state index contributed by atoms with van der Waals surface area (Å²) < 4.78 is 38.2. The number of rotatable bonds is 11. The molecule has 2 rings (SSSR count). The number of carbonyl (C=O) groups is 2. The maximum absolute atomic E-state index is 13.1. The highest BCUT2D eigenvalue weighted by Gasteiger charge is 2.40. The van der Waals surface area contributed by atoms with Crippen molar-refractivity contribution in [3.63, 3.8) is 0 Å². The Hall–Kier alpha value is -3.40. The van der Waals surface area contributed by atoms with Crippen molar-refractivity contribution >= 4 is 23.4 Å². The van der Waals surface area contributed by atoms with Gasteiger partial charge in [0.15, 0.2) is 6.54 Å². The molecule has 2 amide bonds. The van der Waals surface area contributed by atoms with Gasteiger partial charge in [-0.25, -0.2) is 0 Å². The maximum Gasteiger partial charge on any atom is 0.471 e. The molecule has 0 aliphatic carbocycles. The van der Waals surface area contributed by atoms with E-state index in [1.54, 1.807) is 62.6 Å². The number of alkyl halides is 3. The molecular weight excluding hydrogens is 485 g/mol. The van der Waals surface area contributed by atoms with Crippen LogP contribution in [0.5, 0.6) is 0 Å². The summed E-state index contributed by atoms with van der Waals surface area (Å²) in [5.41, 5.74) is 2.46.